The maximum Gasteiger partial charge on any atom is 0.338 e. The van der Waals surface area contributed by atoms with Gasteiger partial charge in [-0.3, -0.25) is 0 Å². The van der Waals surface area contributed by atoms with Crippen LogP contribution in [0.25, 0.3) is 0 Å². The molecule has 1 unspecified atom stereocenters. The maximum atomic E-state index is 14.9. The molecule has 1 aliphatic heterocycles. The van der Waals surface area contributed by atoms with Crippen molar-refractivity contribution in [3.63, 3.8) is 0 Å². The van der Waals surface area contributed by atoms with Crippen LogP contribution < -0.4 is 10.5 Å². The van der Waals surface area contributed by atoms with E-state index in [4.69, 9.17) is 19.9 Å². The number of allylic oxidation sites excluding steroid dienone is 2. The number of halogens is 2. The van der Waals surface area contributed by atoms with Gasteiger partial charge in [0.25, 0.3) is 0 Å². The van der Waals surface area contributed by atoms with Gasteiger partial charge in [0.15, 0.2) is 11.6 Å². The minimum absolute atomic E-state index is 0.00515. The number of rotatable bonds is 5. The molecule has 1 aromatic rings. The summed E-state index contributed by atoms with van der Waals surface area (Å²) >= 11 is 0. The summed E-state index contributed by atoms with van der Waals surface area (Å²) in [6.45, 7) is 4.82. The van der Waals surface area contributed by atoms with Gasteiger partial charge in [0, 0.05) is 5.56 Å². The van der Waals surface area contributed by atoms with Crippen molar-refractivity contribution in [2.24, 2.45) is 5.73 Å². The summed E-state index contributed by atoms with van der Waals surface area (Å²) in [6.07, 6.45) is 0. The zero-order valence-electron chi connectivity index (χ0n) is 14.6. The van der Waals surface area contributed by atoms with Crippen LogP contribution >= 0.6 is 0 Å². The molecule has 0 radical (unpaired) electrons. The lowest BCUT2D eigenvalue weighted by molar-refractivity contribution is -0.139. The maximum absolute atomic E-state index is 14.9. The molecule has 1 atom stereocenters. The van der Waals surface area contributed by atoms with E-state index in [-0.39, 0.29) is 41.8 Å². The first-order chi connectivity index (χ1) is 12.4. The van der Waals surface area contributed by atoms with Gasteiger partial charge in [0.2, 0.25) is 5.88 Å². The molecule has 0 saturated carbocycles. The highest BCUT2D eigenvalue weighted by molar-refractivity contribution is 5.92. The van der Waals surface area contributed by atoms with Crippen molar-refractivity contribution in [2.75, 3.05) is 13.2 Å². The van der Waals surface area contributed by atoms with Crippen LogP contribution in [0.5, 0.6) is 5.75 Å². The largest absolute Gasteiger partial charge is 0.491 e. The van der Waals surface area contributed by atoms with Gasteiger partial charge in [0.05, 0.1) is 24.7 Å². The third kappa shape index (κ3) is 3.33. The Hall–Kier alpha value is -3.08. The van der Waals surface area contributed by atoms with Crippen molar-refractivity contribution in [1.82, 2.24) is 0 Å². The number of esters is 1. The summed E-state index contributed by atoms with van der Waals surface area (Å²) < 4.78 is 44.8. The summed E-state index contributed by atoms with van der Waals surface area (Å²) in [5.74, 6) is -4.76. The molecule has 0 fully saturated rings. The Labute approximate surface area is 149 Å². The molecule has 1 heterocycles. The molecule has 2 N–H and O–H groups in total. The number of nitriles is 1. The molecular weight excluding hydrogens is 346 g/mol. The van der Waals surface area contributed by atoms with E-state index in [0.717, 1.165) is 12.1 Å². The molecule has 0 bridgehead atoms. The van der Waals surface area contributed by atoms with Crippen LogP contribution in [0.3, 0.4) is 0 Å². The number of benzene rings is 1. The Morgan fingerprint density at radius 3 is 2.62 bits per heavy atom. The van der Waals surface area contributed by atoms with Crippen LogP contribution in [-0.2, 0) is 14.3 Å². The van der Waals surface area contributed by atoms with Crippen molar-refractivity contribution in [3.05, 3.63) is 52.1 Å². The molecule has 1 aliphatic rings. The molecule has 0 amide bonds. The van der Waals surface area contributed by atoms with Crippen molar-refractivity contribution < 1.29 is 27.8 Å². The lowest BCUT2D eigenvalue weighted by Gasteiger charge is -2.27. The van der Waals surface area contributed by atoms with E-state index in [1.807, 2.05) is 0 Å². The second-order valence-electron chi connectivity index (χ2n) is 5.32. The number of carbonyl (C=O) groups is 1. The topological polar surface area (TPSA) is 94.6 Å². The van der Waals surface area contributed by atoms with E-state index in [0.29, 0.717) is 0 Å². The molecule has 6 nitrogen and oxygen atoms in total. The van der Waals surface area contributed by atoms with Gasteiger partial charge < -0.3 is 19.9 Å². The van der Waals surface area contributed by atoms with E-state index in [2.05, 4.69) is 0 Å². The minimum atomic E-state index is -1.41. The molecule has 26 heavy (non-hydrogen) atoms. The van der Waals surface area contributed by atoms with Crippen LogP contribution in [0.4, 0.5) is 8.78 Å². The van der Waals surface area contributed by atoms with Crippen LogP contribution in [0.1, 0.15) is 32.3 Å². The molecule has 0 spiro atoms. The first-order valence-electron chi connectivity index (χ1n) is 7.93. The van der Waals surface area contributed by atoms with E-state index >= 15 is 0 Å². The fourth-order valence-electron chi connectivity index (χ4n) is 2.72. The van der Waals surface area contributed by atoms with Crippen molar-refractivity contribution >= 4 is 5.97 Å². The summed E-state index contributed by atoms with van der Waals surface area (Å²) in [4.78, 5) is 12.4. The summed E-state index contributed by atoms with van der Waals surface area (Å²) in [5, 5.41) is 9.44. The fraction of sp³-hybridized carbons (Fsp3) is 0.333. The van der Waals surface area contributed by atoms with E-state index in [1.54, 1.807) is 19.9 Å². The number of nitrogens with zero attached hydrogens (tertiary/aromatic N) is 1. The summed E-state index contributed by atoms with van der Waals surface area (Å²) in [7, 11) is 0. The van der Waals surface area contributed by atoms with E-state index < -0.39 is 29.1 Å². The Bertz CT molecular complexity index is 840. The molecule has 1 aromatic carbocycles. The third-order valence-electron chi connectivity index (χ3n) is 3.78. The van der Waals surface area contributed by atoms with Gasteiger partial charge in [-0.05, 0) is 32.9 Å². The van der Waals surface area contributed by atoms with Gasteiger partial charge in [-0.15, -0.1) is 0 Å². The Balaban J connectivity index is 2.76. The van der Waals surface area contributed by atoms with Crippen LogP contribution in [0, 0.1) is 23.0 Å². The van der Waals surface area contributed by atoms with Crippen LogP contribution in [-0.4, -0.2) is 19.2 Å². The lowest BCUT2D eigenvalue weighted by atomic mass is 9.82. The zero-order valence-corrected chi connectivity index (χ0v) is 14.6. The minimum Gasteiger partial charge on any atom is -0.491 e. The standard InChI is InChI=1S/C18H18F2N2O4/c1-4-24-12-7-6-11(19)15(16(12)20)14-10(8-21)17(22)26-9(3)13(14)18(23)25-5-2/h6-7,14H,4-5,22H2,1-3H3. The third-order valence-corrected chi connectivity index (χ3v) is 3.78. The van der Waals surface area contributed by atoms with E-state index in [9.17, 15) is 18.8 Å². The van der Waals surface area contributed by atoms with Gasteiger partial charge >= 0.3 is 5.97 Å². The molecule has 0 saturated heterocycles. The molecule has 0 aliphatic carbocycles. The SMILES string of the molecule is CCOC(=O)C1=C(C)OC(N)=C(C#N)C1c1c(F)ccc(OCC)c1F. The fourth-order valence-corrected chi connectivity index (χ4v) is 2.72. The highest BCUT2D eigenvalue weighted by atomic mass is 19.1. The second kappa shape index (κ2) is 7.87. The highest BCUT2D eigenvalue weighted by Gasteiger charge is 2.40. The van der Waals surface area contributed by atoms with Crippen LogP contribution in [0.15, 0.2) is 34.9 Å². The average molecular weight is 364 g/mol. The summed E-state index contributed by atoms with van der Waals surface area (Å²) in [5.41, 5.74) is 4.71. The molecule has 138 valence electrons. The lowest BCUT2D eigenvalue weighted by Crippen LogP contribution is -2.27. The second-order valence-corrected chi connectivity index (χ2v) is 5.32. The summed E-state index contributed by atoms with van der Waals surface area (Å²) in [6, 6.07) is 3.91. The normalized spacial score (nSPS) is 16.8. The molecule has 8 heteroatoms. The number of nitrogens with two attached hydrogens (primary N) is 1. The first kappa shape index (κ1) is 19.2. The van der Waals surface area contributed by atoms with Gasteiger partial charge in [-0.2, -0.15) is 5.26 Å². The van der Waals surface area contributed by atoms with Crippen LogP contribution in [0.2, 0.25) is 0 Å². The van der Waals surface area contributed by atoms with E-state index in [1.165, 1.54) is 6.92 Å². The Morgan fingerprint density at radius 2 is 2.04 bits per heavy atom. The smallest absolute Gasteiger partial charge is 0.338 e. The zero-order chi connectivity index (χ0) is 19.4. The number of hydrogen-bond donors (Lipinski definition) is 1. The number of ether oxygens (including phenoxy) is 3. The van der Waals surface area contributed by atoms with Crippen molar-refractivity contribution in [1.29, 1.82) is 5.26 Å². The number of hydrogen-bond acceptors (Lipinski definition) is 6. The predicted molar refractivity (Wildman–Crippen MR) is 87.5 cm³/mol. The van der Waals surface area contributed by atoms with Gasteiger partial charge in [0.1, 0.15) is 23.2 Å². The number of carbonyl (C=O) groups excluding carboxylic acids is 1. The molecule has 0 aromatic heterocycles. The van der Waals surface area contributed by atoms with Gasteiger partial charge in [-0.25, -0.2) is 13.6 Å². The Kier molecular flexibility index (Phi) is 5.82. The Morgan fingerprint density at radius 1 is 1.35 bits per heavy atom. The molecular formula is C18H18F2N2O4. The van der Waals surface area contributed by atoms with Crippen molar-refractivity contribution in [3.8, 4) is 11.8 Å². The monoisotopic (exact) mass is 364 g/mol. The predicted octanol–water partition coefficient (Wildman–Crippen LogP) is 3.01. The average Bonchev–Trinajstić information content (AvgIpc) is 2.57. The van der Waals surface area contributed by atoms with Gasteiger partial charge in [-0.1, -0.05) is 0 Å². The highest BCUT2D eigenvalue weighted by Crippen LogP contribution is 2.43. The van der Waals surface area contributed by atoms with Crippen molar-refractivity contribution in [2.45, 2.75) is 26.7 Å². The quantitative estimate of drug-likeness (QED) is 0.807. The molecule has 2 rings (SSSR count). The first-order valence-corrected chi connectivity index (χ1v) is 7.93.